The Balaban J connectivity index is 0.00000300. The van der Waals surface area contributed by atoms with E-state index in [4.69, 9.17) is 5.73 Å². The van der Waals surface area contributed by atoms with Gasteiger partial charge in [-0.1, -0.05) is 30.3 Å². The molecule has 0 saturated carbocycles. The molecule has 2 aromatic rings. The maximum absolute atomic E-state index is 13.7. The Morgan fingerprint density at radius 2 is 1.59 bits per heavy atom. The van der Waals surface area contributed by atoms with Crippen molar-refractivity contribution in [3.63, 3.8) is 0 Å². The molecular formula is C21H25ClF3N3O. The van der Waals surface area contributed by atoms with E-state index in [-0.39, 0.29) is 36.7 Å². The van der Waals surface area contributed by atoms with Crippen LogP contribution in [0.1, 0.15) is 17.5 Å². The van der Waals surface area contributed by atoms with Crippen molar-refractivity contribution >= 4 is 18.3 Å². The zero-order valence-corrected chi connectivity index (χ0v) is 16.8. The molecule has 1 fully saturated rings. The summed E-state index contributed by atoms with van der Waals surface area (Å²) in [5, 5.41) is 0. The molecule has 0 spiro atoms. The van der Waals surface area contributed by atoms with Crippen molar-refractivity contribution in [2.24, 2.45) is 5.73 Å². The molecule has 4 nitrogen and oxygen atoms in total. The number of hydrogen-bond donors (Lipinski definition) is 1. The summed E-state index contributed by atoms with van der Waals surface area (Å²) >= 11 is 0. The van der Waals surface area contributed by atoms with Gasteiger partial charge in [0.15, 0.2) is 11.6 Å². The second-order valence-electron chi connectivity index (χ2n) is 7.17. The van der Waals surface area contributed by atoms with Crippen molar-refractivity contribution in [3.8, 4) is 0 Å². The SMILES string of the molecule is Cl.N[C@@H](CC(=O)N1CCN(Cc2ccccc2)CC1)Cc1cc(F)c(F)cc1F. The van der Waals surface area contributed by atoms with Gasteiger partial charge in [-0.2, -0.15) is 0 Å². The molecule has 0 aliphatic carbocycles. The molecule has 1 amide bonds. The third kappa shape index (κ3) is 6.45. The molecule has 0 bridgehead atoms. The number of carbonyl (C=O) groups excluding carboxylic acids is 1. The summed E-state index contributed by atoms with van der Waals surface area (Å²) in [5.74, 6) is -3.31. The highest BCUT2D eigenvalue weighted by Gasteiger charge is 2.23. The second kappa shape index (κ2) is 10.6. The van der Waals surface area contributed by atoms with Crippen molar-refractivity contribution in [1.82, 2.24) is 9.80 Å². The van der Waals surface area contributed by atoms with Crippen LogP contribution in [-0.4, -0.2) is 47.9 Å². The Hall–Kier alpha value is -2.09. The van der Waals surface area contributed by atoms with Crippen molar-refractivity contribution in [2.45, 2.75) is 25.4 Å². The number of halogens is 4. The molecule has 8 heteroatoms. The van der Waals surface area contributed by atoms with Crippen molar-refractivity contribution in [1.29, 1.82) is 0 Å². The van der Waals surface area contributed by atoms with Crippen LogP contribution < -0.4 is 5.73 Å². The van der Waals surface area contributed by atoms with Crippen LogP contribution in [0, 0.1) is 17.5 Å². The average molecular weight is 428 g/mol. The molecule has 29 heavy (non-hydrogen) atoms. The summed E-state index contributed by atoms with van der Waals surface area (Å²) < 4.78 is 40.0. The number of benzene rings is 2. The number of hydrogen-bond acceptors (Lipinski definition) is 3. The molecule has 2 aromatic carbocycles. The first kappa shape index (κ1) is 23.2. The van der Waals surface area contributed by atoms with Gasteiger partial charge in [0.05, 0.1) is 0 Å². The normalized spacial score (nSPS) is 15.7. The van der Waals surface area contributed by atoms with E-state index in [1.54, 1.807) is 4.90 Å². The van der Waals surface area contributed by atoms with Gasteiger partial charge in [0.1, 0.15) is 5.82 Å². The summed E-state index contributed by atoms with van der Waals surface area (Å²) in [7, 11) is 0. The lowest BCUT2D eigenvalue weighted by atomic mass is 10.0. The molecule has 2 N–H and O–H groups in total. The largest absolute Gasteiger partial charge is 0.340 e. The lowest BCUT2D eigenvalue weighted by Crippen LogP contribution is -2.49. The minimum absolute atomic E-state index is 0. The third-order valence-corrected chi connectivity index (χ3v) is 4.98. The van der Waals surface area contributed by atoms with Crippen molar-refractivity contribution < 1.29 is 18.0 Å². The lowest BCUT2D eigenvalue weighted by Gasteiger charge is -2.35. The number of carbonyl (C=O) groups is 1. The fourth-order valence-electron chi connectivity index (χ4n) is 3.43. The van der Waals surface area contributed by atoms with Crippen LogP contribution in [0.25, 0.3) is 0 Å². The first-order chi connectivity index (χ1) is 13.4. The van der Waals surface area contributed by atoms with Gasteiger partial charge in [-0.25, -0.2) is 13.2 Å². The molecule has 1 heterocycles. The molecule has 1 atom stereocenters. The van der Waals surface area contributed by atoms with Gasteiger partial charge in [0.25, 0.3) is 0 Å². The topological polar surface area (TPSA) is 49.6 Å². The molecule has 1 aliphatic heterocycles. The molecule has 1 saturated heterocycles. The highest BCUT2D eigenvalue weighted by Crippen LogP contribution is 2.16. The van der Waals surface area contributed by atoms with E-state index in [9.17, 15) is 18.0 Å². The maximum atomic E-state index is 13.7. The predicted octanol–water partition coefficient (Wildman–Crippen LogP) is 3.13. The van der Waals surface area contributed by atoms with Gasteiger partial charge in [-0.05, 0) is 23.6 Å². The van der Waals surface area contributed by atoms with Crippen LogP contribution >= 0.6 is 12.4 Å². The summed E-state index contributed by atoms with van der Waals surface area (Å²) in [6.45, 7) is 3.61. The number of piperazine rings is 1. The van der Waals surface area contributed by atoms with Crippen molar-refractivity contribution in [2.75, 3.05) is 26.2 Å². The summed E-state index contributed by atoms with van der Waals surface area (Å²) in [5.41, 5.74) is 7.17. The van der Waals surface area contributed by atoms with Gasteiger partial charge in [0.2, 0.25) is 5.91 Å². The minimum Gasteiger partial charge on any atom is -0.340 e. The van der Waals surface area contributed by atoms with Crippen molar-refractivity contribution in [3.05, 3.63) is 71.0 Å². The highest BCUT2D eigenvalue weighted by atomic mass is 35.5. The Bertz CT molecular complexity index is 814. The van der Waals surface area contributed by atoms with Crippen LogP contribution in [0.5, 0.6) is 0 Å². The van der Waals surface area contributed by atoms with Gasteiger partial charge in [-0.3, -0.25) is 9.69 Å². The van der Waals surface area contributed by atoms with Gasteiger partial charge < -0.3 is 10.6 Å². The first-order valence-corrected chi connectivity index (χ1v) is 9.35. The fraction of sp³-hybridized carbons (Fsp3) is 0.381. The Labute approximate surface area is 174 Å². The number of rotatable bonds is 6. The van der Waals surface area contributed by atoms with E-state index in [1.807, 2.05) is 18.2 Å². The highest BCUT2D eigenvalue weighted by molar-refractivity contribution is 5.85. The van der Waals surface area contributed by atoms with E-state index in [2.05, 4.69) is 17.0 Å². The standard InChI is InChI=1S/C21H24F3N3O.ClH/c22-18-13-20(24)19(23)11-16(18)10-17(25)12-21(28)27-8-6-26(7-9-27)14-15-4-2-1-3-5-15;/h1-5,11,13,17H,6-10,12,14,25H2;1H/t17-;/m1./s1. The number of amides is 1. The van der Waals surface area contributed by atoms with E-state index in [0.717, 1.165) is 25.7 Å². The number of nitrogens with zero attached hydrogens (tertiary/aromatic N) is 2. The lowest BCUT2D eigenvalue weighted by molar-refractivity contribution is -0.133. The Morgan fingerprint density at radius 1 is 0.966 bits per heavy atom. The maximum Gasteiger partial charge on any atom is 0.224 e. The van der Waals surface area contributed by atoms with Crippen LogP contribution in [-0.2, 0) is 17.8 Å². The molecule has 158 valence electrons. The second-order valence-corrected chi connectivity index (χ2v) is 7.17. The summed E-state index contributed by atoms with van der Waals surface area (Å²) in [6.07, 6.45) is 0.0138. The van der Waals surface area contributed by atoms with E-state index >= 15 is 0 Å². The Morgan fingerprint density at radius 3 is 2.24 bits per heavy atom. The molecular weight excluding hydrogens is 403 g/mol. The monoisotopic (exact) mass is 427 g/mol. The summed E-state index contributed by atoms with van der Waals surface area (Å²) in [6, 6.07) is 10.8. The van der Waals surface area contributed by atoms with Gasteiger partial charge in [-0.15, -0.1) is 12.4 Å². The molecule has 0 unspecified atom stereocenters. The van der Waals surface area contributed by atoms with E-state index in [1.165, 1.54) is 5.56 Å². The average Bonchev–Trinajstić information content (AvgIpc) is 2.67. The fourth-order valence-corrected chi connectivity index (χ4v) is 3.43. The minimum atomic E-state index is -1.24. The summed E-state index contributed by atoms with van der Waals surface area (Å²) in [4.78, 5) is 16.5. The van der Waals surface area contributed by atoms with E-state index < -0.39 is 23.5 Å². The molecule has 0 radical (unpaired) electrons. The number of nitrogens with two attached hydrogens (primary N) is 1. The zero-order valence-electron chi connectivity index (χ0n) is 16.0. The third-order valence-electron chi connectivity index (χ3n) is 4.98. The van der Waals surface area contributed by atoms with Crippen LogP contribution in [0.15, 0.2) is 42.5 Å². The smallest absolute Gasteiger partial charge is 0.224 e. The van der Waals surface area contributed by atoms with Crippen LogP contribution in [0.3, 0.4) is 0 Å². The molecule has 3 rings (SSSR count). The first-order valence-electron chi connectivity index (χ1n) is 9.35. The quantitative estimate of drug-likeness (QED) is 0.720. The van der Waals surface area contributed by atoms with Gasteiger partial charge >= 0.3 is 0 Å². The molecule has 0 aromatic heterocycles. The van der Waals surface area contributed by atoms with Crippen LogP contribution in [0.2, 0.25) is 0 Å². The Kier molecular flexibility index (Phi) is 8.49. The van der Waals surface area contributed by atoms with E-state index in [0.29, 0.717) is 19.2 Å². The molecule has 1 aliphatic rings. The predicted molar refractivity (Wildman–Crippen MR) is 108 cm³/mol. The van der Waals surface area contributed by atoms with Gasteiger partial charge in [0, 0.05) is 51.3 Å². The van der Waals surface area contributed by atoms with Crippen LogP contribution in [0.4, 0.5) is 13.2 Å². The zero-order chi connectivity index (χ0) is 20.1.